The zero-order valence-electron chi connectivity index (χ0n) is 15.3. The molecule has 5 fully saturated rings. The normalized spacial score (nSPS) is 46.9. The van der Waals surface area contributed by atoms with Crippen molar-refractivity contribution in [2.45, 2.75) is 55.7 Å². The van der Waals surface area contributed by atoms with Crippen LogP contribution in [0.4, 0.5) is 8.78 Å². The van der Waals surface area contributed by atoms with Gasteiger partial charge in [0.05, 0.1) is 6.10 Å². The maximum absolute atomic E-state index is 15.5. The summed E-state index contributed by atoms with van der Waals surface area (Å²) in [6, 6.07) is 6.60. The summed E-state index contributed by atoms with van der Waals surface area (Å²) < 4.78 is 29.1. The molecule has 144 valence electrons. The number of amides is 1. The lowest BCUT2D eigenvalue weighted by Gasteiger charge is -2.65. The van der Waals surface area contributed by atoms with E-state index in [1.54, 1.807) is 4.90 Å². The SMILES string of the molecule is O=C(C[C@@]1(c2ccc(F)cc2)C2CC3CC24C[C@@](F)(C3)CC41)N1CC(O)C1. The first kappa shape index (κ1) is 16.5. The van der Waals surface area contributed by atoms with Crippen LogP contribution in [-0.2, 0) is 10.2 Å². The van der Waals surface area contributed by atoms with Gasteiger partial charge in [-0.25, -0.2) is 8.78 Å². The van der Waals surface area contributed by atoms with Crippen LogP contribution in [0.15, 0.2) is 24.3 Å². The van der Waals surface area contributed by atoms with Crippen molar-refractivity contribution in [3.63, 3.8) is 0 Å². The van der Waals surface area contributed by atoms with Gasteiger partial charge in [-0.15, -0.1) is 0 Å². The number of β-amino-alcohol motifs (C(OH)–C–C–N with tert-alkyl or cyclic N) is 1. The first-order valence-electron chi connectivity index (χ1n) is 10.3. The fourth-order valence-electron chi connectivity index (χ4n) is 8.19. The van der Waals surface area contributed by atoms with Crippen molar-refractivity contribution >= 4 is 5.91 Å². The Morgan fingerprint density at radius 2 is 1.89 bits per heavy atom. The van der Waals surface area contributed by atoms with E-state index in [2.05, 4.69) is 0 Å². The molecule has 4 saturated carbocycles. The monoisotopic (exact) mass is 373 g/mol. The fourth-order valence-corrected chi connectivity index (χ4v) is 8.19. The second kappa shape index (κ2) is 4.91. The Morgan fingerprint density at radius 1 is 1.15 bits per heavy atom. The first-order chi connectivity index (χ1) is 12.8. The molecular formula is C22H25F2NO2. The van der Waals surface area contributed by atoms with E-state index < -0.39 is 11.8 Å². The Hall–Kier alpha value is -1.49. The number of aliphatic hydroxyl groups excluding tert-OH is 1. The largest absolute Gasteiger partial charge is 0.389 e. The molecule has 6 atom stereocenters. The number of nitrogens with zero attached hydrogens (tertiary/aromatic N) is 1. The lowest BCUT2D eigenvalue weighted by Crippen LogP contribution is -2.65. The molecule has 27 heavy (non-hydrogen) atoms. The number of fused-ring (bicyclic) bond motifs is 2. The minimum Gasteiger partial charge on any atom is -0.389 e. The minimum absolute atomic E-state index is 0.0543. The zero-order valence-corrected chi connectivity index (χ0v) is 15.3. The Morgan fingerprint density at radius 3 is 2.59 bits per heavy atom. The number of likely N-dealkylation sites (tertiary alicyclic amines) is 1. The second-order valence-corrected chi connectivity index (χ2v) is 10.1. The Bertz CT molecular complexity index is 822. The van der Waals surface area contributed by atoms with Crippen LogP contribution in [0.5, 0.6) is 0 Å². The maximum atomic E-state index is 15.5. The third-order valence-corrected chi connectivity index (χ3v) is 8.78. The molecule has 4 aliphatic carbocycles. The van der Waals surface area contributed by atoms with Crippen LogP contribution in [-0.4, -0.2) is 40.8 Å². The summed E-state index contributed by atoms with van der Waals surface area (Å²) in [5.41, 5.74) is -0.370. The van der Waals surface area contributed by atoms with Crippen LogP contribution in [0.2, 0.25) is 0 Å². The van der Waals surface area contributed by atoms with Crippen molar-refractivity contribution in [1.82, 2.24) is 4.90 Å². The van der Waals surface area contributed by atoms with E-state index in [4.69, 9.17) is 0 Å². The van der Waals surface area contributed by atoms with Gasteiger partial charge >= 0.3 is 0 Å². The van der Waals surface area contributed by atoms with Gasteiger partial charge in [0.25, 0.3) is 0 Å². The third kappa shape index (κ3) is 1.92. The van der Waals surface area contributed by atoms with Gasteiger partial charge in [0, 0.05) is 24.9 Å². The molecule has 4 unspecified atom stereocenters. The summed E-state index contributed by atoms with van der Waals surface area (Å²) in [5, 5.41) is 9.57. The molecule has 3 nitrogen and oxygen atoms in total. The van der Waals surface area contributed by atoms with Gasteiger partial charge in [0.1, 0.15) is 11.5 Å². The van der Waals surface area contributed by atoms with Crippen molar-refractivity contribution in [2.75, 3.05) is 13.1 Å². The average molecular weight is 373 g/mol. The molecule has 1 amide bonds. The lowest BCUT2D eigenvalue weighted by molar-refractivity contribution is -0.157. The molecule has 1 aromatic rings. The van der Waals surface area contributed by atoms with E-state index in [0.29, 0.717) is 50.6 Å². The summed E-state index contributed by atoms with van der Waals surface area (Å²) in [4.78, 5) is 14.7. The number of halogens is 2. The Balaban J connectivity index is 1.42. The van der Waals surface area contributed by atoms with Crippen molar-refractivity contribution in [1.29, 1.82) is 0 Å². The predicted molar refractivity (Wildman–Crippen MR) is 95.1 cm³/mol. The average Bonchev–Trinajstić information content (AvgIpc) is 2.96. The number of benzene rings is 1. The summed E-state index contributed by atoms with van der Waals surface area (Å²) in [7, 11) is 0. The molecule has 1 saturated heterocycles. The molecular weight excluding hydrogens is 348 g/mol. The van der Waals surface area contributed by atoms with E-state index in [1.807, 2.05) is 12.1 Å². The van der Waals surface area contributed by atoms with Crippen molar-refractivity contribution in [3.05, 3.63) is 35.6 Å². The number of rotatable bonds is 3. The minimum atomic E-state index is -1.07. The summed E-state index contributed by atoms with van der Waals surface area (Å²) >= 11 is 0. The van der Waals surface area contributed by atoms with Crippen molar-refractivity contribution in [2.24, 2.45) is 23.2 Å². The van der Waals surface area contributed by atoms with Gasteiger partial charge in [-0.05, 0) is 73.0 Å². The third-order valence-electron chi connectivity index (χ3n) is 8.78. The summed E-state index contributed by atoms with van der Waals surface area (Å²) in [6.07, 6.45) is 3.94. The molecule has 1 N–H and O–H groups in total. The smallest absolute Gasteiger partial charge is 0.223 e. The standard InChI is InChI=1S/C22H25F2NO2/c23-15-3-1-14(2-4-15)22(9-19(27)25-10-16(26)11-25)17-5-13-6-20(24)8-18(22)21(17,7-13)12-20/h1-4,13,16-18,26H,5-12H2/t13?,17?,18?,20-,21?,22-/m1/s1. The first-order valence-corrected chi connectivity index (χ1v) is 10.3. The maximum Gasteiger partial charge on any atom is 0.223 e. The van der Waals surface area contributed by atoms with Gasteiger partial charge in [0.15, 0.2) is 0 Å². The van der Waals surface area contributed by atoms with E-state index in [0.717, 1.165) is 18.4 Å². The van der Waals surface area contributed by atoms with Crippen LogP contribution in [0.1, 0.15) is 44.1 Å². The van der Waals surface area contributed by atoms with Crippen LogP contribution in [0.3, 0.4) is 0 Å². The van der Waals surface area contributed by atoms with E-state index in [1.165, 1.54) is 12.1 Å². The van der Waals surface area contributed by atoms with Gasteiger partial charge in [0.2, 0.25) is 5.91 Å². The fraction of sp³-hybridized carbons (Fsp3) is 0.682. The topological polar surface area (TPSA) is 40.5 Å². The molecule has 5 aliphatic rings. The predicted octanol–water partition coefficient (Wildman–Crippen LogP) is 3.20. The highest BCUT2D eigenvalue weighted by Crippen LogP contribution is 2.84. The Kier molecular flexibility index (Phi) is 3.00. The number of aliphatic hydroxyl groups is 1. The highest BCUT2D eigenvalue weighted by atomic mass is 19.1. The highest BCUT2D eigenvalue weighted by molar-refractivity contribution is 5.79. The molecule has 1 spiro atoms. The highest BCUT2D eigenvalue weighted by Gasteiger charge is 2.81. The van der Waals surface area contributed by atoms with E-state index >= 15 is 4.39 Å². The van der Waals surface area contributed by atoms with Gasteiger partial charge in [-0.3, -0.25) is 4.79 Å². The summed E-state index contributed by atoms with van der Waals surface area (Å²) in [6.45, 7) is 0.795. The molecule has 3 bridgehead atoms. The number of carbonyl (C=O) groups excluding carboxylic acids is 1. The van der Waals surface area contributed by atoms with Crippen molar-refractivity contribution in [3.8, 4) is 0 Å². The van der Waals surface area contributed by atoms with Crippen LogP contribution < -0.4 is 0 Å². The van der Waals surface area contributed by atoms with E-state index in [-0.39, 0.29) is 28.5 Å². The molecule has 5 heteroatoms. The van der Waals surface area contributed by atoms with Gasteiger partial charge in [-0.2, -0.15) is 0 Å². The quantitative estimate of drug-likeness (QED) is 0.884. The van der Waals surface area contributed by atoms with Crippen LogP contribution >= 0.6 is 0 Å². The summed E-state index contributed by atoms with van der Waals surface area (Å²) in [5.74, 6) is 0.703. The molecule has 6 rings (SSSR count). The molecule has 0 aromatic heterocycles. The number of hydrogen-bond donors (Lipinski definition) is 1. The van der Waals surface area contributed by atoms with Crippen LogP contribution in [0.25, 0.3) is 0 Å². The second-order valence-electron chi connectivity index (χ2n) is 10.1. The molecule has 1 aliphatic heterocycles. The Labute approximate surface area is 157 Å². The molecule has 1 aromatic carbocycles. The zero-order chi connectivity index (χ0) is 18.6. The molecule has 1 heterocycles. The number of hydrogen-bond acceptors (Lipinski definition) is 2. The van der Waals surface area contributed by atoms with Crippen molar-refractivity contribution < 1.29 is 18.7 Å². The van der Waals surface area contributed by atoms with E-state index in [9.17, 15) is 14.3 Å². The molecule has 0 radical (unpaired) electrons. The van der Waals surface area contributed by atoms with Gasteiger partial charge < -0.3 is 10.0 Å². The number of carbonyl (C=O) groups is 1. The van der Waals surface area contributed by atoms with Gasteiger partial charge in [-0.1, -0.05) is 12.1 Å². The van der Waals surface area contributed by atoms with Crippen LogP contribution in [0, 0.1) is 29.0 Å². The number of alkyl halides is 1. The lowest BCUT2D eigenvalue weighted by atomic mass is 9.38.